The van der Waals surface area contributed by atoms with Crippen LogP contribution in [0.4, 0.5) is 0 Å². The summed E-state index contributed by atoms with van der Waals surface area (Å²) >= 11 is 6.87. The maximum Gasteiger partial charge on any atom is 0.157 e. The summed E-state index contributed by atoms with van der Waals surface area (Å²) in [7, 11) is -2.81. The maximum absolute atomic E-state index is 13.7. The highest BCUT2D eigenvalue weighted by Crippen LogP contribution is 2.48. The molecule has 0 spiro atoms. The number of benzene rings is 3. The molecule has 0 aliphatic rings. The molecule has 26 heavy (non-hydrogen) atoms. The molecule has 0 heterocycles. The van der Waals surface area contributed by atoms with Gasteiger partial charge >= 0.3 is 0 Å². The van der Waals surface area contributed by atoms with Gasteiger partial charge in [-0.05, 0) is 47.0 Å². The monoisotopic (exact) mass is 486 g/mol. The second-order valence-electron chi connectivity index (χ2n) is 5.78. The zero-order valence-corrected chi connectivity index (χ0v) is 18.0. The van der Waals surface area contributed by atoms with Crippen molar-refractivity contribution in [1.82, 2.24) is 0 Å². The van der Waals surface area contributed by atoms with Gasteiger partial charge in [-0.25, -0.2) is 0 Å². The molecule has 0 aliphatic carbocycles. The molecule has 0 saturated heterocycles. The molecule has 0 radical (unpaired) electrons. The molecule has 0 aromatic heterocycles. The smallest absolute Gasteiger partial charge is 0.157 e. The molecular formula is C22H17Br2OP. The Labute approximate surface area is 171 Å². The van der Waals surface area contributed by atoms with E-state index in [2.05, 4.69) is 31.9 Å². The lowest BCUT2D eigenvalue weighted by Crippen LogP contribution is -1.99. The molecule has 4 heteroatoms. The zero-order chi connectivity index (χ0) is 18.4. The van der Waals surface area contributed by atoms with Crippen molar-refractivity contribution in [3.05, 3.63) is 111 Å². The van der Waals surface area contributed by atoms with E-state index in [9.17, 15) is 4.57 Å². The molecule has 3 aromatic rings. The molecule has 3 rings (SSSR count). The van der Waals surface area contributed by atoms with Crippen LogP contribution in [0, 0.1) is 0 Å². The molecule has 1 atom stereocenters. The van der Waals surface area contributed by atoms with Crippen LogP contribution >= 0.6 is 39.0 Å². The number of hydrogen-bond acceptors (Lipinski definition) is 1. The van der Waals surface area contributed by atoms with Crippen molar-refractivity contribution < 1.29 is 4.57 Å². The van der Waals surface area contributed by atoms with E-state index in [1.165, 1.54) is 0 Å². The highest BCUT2D eigenvalue weighted by Gasteiger charge is 2.17. The third kappa shape index (κ3) is 5.17. The maximum atomic E-state index is 13.7. The fourth-order valence-electron chi connectivity index (χ4n) is 2.42. The highest BCUT2D eigenvalue weighted by molar-refractivity contribution is 9.10. The van der Waals surface area contributed by atoms with Crippen molar-refractivity contribution in [3.63, 3.8) is 0 Å². The van der Waals surface area contributed by atoms with Gasteiger partial charge in [0.05, 0.1) is 0 Å². The van der Waals surface area contributed by atoms with Crippen LogP contribution in [0.25, 0.3) is 12.2 Å². The van der Waals surface area contributed by atoms with Gasteiger partial charge in [0.15, 0.2) is 7.14 Å². The van der Waals surface area contributed by atoms with E-state index in [0.29, 0.717) is 0 Å². The van der Waals surface area contributed by atoms with E-state index in [4.69, 9.17) is 0 Å². The van der Waals surface area contributed by atoms with Crippen LogP contribution in [-0.4, -0.2) is 0 Å². The second-order valence-corrected chi connectivity index (χ2v) is 10.1. The molecule has 1 nitrogen and oxygen atoms in total. The minimum Gasteiger partial charge on any atom is -0.310 e. The first-order valence-corrected chi connectivity index (χ1v) is 11.5. The topological polar surface area (TPSA) is 17.1 Å². The minimum atomic E-state index is -2.81. The van der Waals surface area contributed by atoms with Crippen molar-refractivity contribution >= 4 is 56.5 Å². The van der Waals surface area contributed by atoms with Gasteiger partial charge in [0, 0.05) is 14.2 Å². The Hall–Kier alpha value is -1.67. The highest BCUT2D eigenvalue weighted by atomic mass is 79.9. The summed E-state index contributed by atoms with van der Waals surface area (Å²) in [6.45, 7) is 0. The summed E-state index contributed by atoms with van der Waals surface area (Å²) in [5.74, 6) is 3.64. The summed E-state index contributed by atoms with van der Waals surface area (Å²) in [4.78, 5) is 0. The summed E-state index contributed by atoms with van der Waals surface area (Å²) in [6, 6.07) is 25.5. The van der Waals surface area contributed by atoms with Crippen molar-refractivity contribution in [2.75, 3.05) is 0 Å². The van der Waals surface area contributed by atoms with Gasteiger partial charge in [-0.15, -0.1) is 0 Å². The Morgan fingerprint density at radius 1 is 0.615 bits per heavy atom. The quantitative estimate of drug-likeness (QED) is 0.339. The molecule has 0 aliphatic heterocycles. The lowest BCUT2D eigenvalue weighted by Gasteiger charge is -2.10. The lowest BCUT2D eigenvalue weighted by atomic mass is 10.2. The van der Waals surface area contributed by atoms with Gasteiger partial charge in [-0.1, -0.05) is 98.6 Å². The van der Waals surface area contributed by atoms with Crippen molar-refractivity contribution in [2.45, 2.75) is 0 Å². The predicted octanol–water partition coefficient (Wildman–Crippen LogP) is 7.54. The Balaban J connectivity index is 1.95. The predicted molar refractivity (Wildman–Crippen MR) is 120 cm³/mol. The van der Waals surface area contributed by atoms with Gasteiger partial charge in [0.1, 0.15) is 0 Å². The van der Waals surface area contributed by atoms with Crippen molar-refractivity contribution in [3.8, 4) is 0 Å². The fourth-order valence-corrected chi connectivity index (χ4v) is 4.82. The minimum absolute atomic E-state index is 0.821. The fraction of sp³-hybridized carbons (Fsp3) is 0. The van der Waals surface area contributed by atoms with Crippen LogP contribution in [0.1, 0.15) is 11.1 Å². The molecule has 1 unspecified atom stereocenters. The summed E-state index contributed by atoms with van der Waals surface area (Å²) < 4.78 is 15.8. The zero-order valence-electron chi connectivity index (χ0n) is 13.9. The Morgan fingerprint density at radius 2 is 1.04 bits per heavy atom. The van der Waals surface area contributed by atoms with Gasteiger partial charge in [0.25, 0.3) is 0 Å². The van der Waals surface area contributed by atoms with Crippen LogP contribution in [0.3, 0.4) is 0 Å². The number of rotatable bonds is 5. The largest absolute Gasteiger partial charge is 0.310 e. The molecular weight excluding hydrogens is 471 g/mol. The Morgan fingerprint density at radius 3 is 1.46 bits per heavy atom. The van der Waals surface area contributed by atoms with Crippen LogP contribution in [0.15, 0.2) is 99.4 Å². The standard InChI is InChI=1S/C22H17Br2OP/c23-20-10-6-18(7-11-20)14-16-26(25,22-4-2-1-3-5-22)17-15-19-8-12-21(24)13-9-19/h1-17H/b16-14+,17-15?. The molecule has 3 aromatic carbocycles. The van der Waals surface area contributed by atoms with Crippen LogP contribution in [0.2, 0.25) is 0 Å². The first kappa shape index (κ1) is 19.1. The molecule has 0 amide bonds. The van der Waals surface area contributed by atoms with Crippen LogP contribution < -0.4 is 5.30 Å². The summed E-state index contributed by atoms with van der Waals surface area (Å²) in [5, 5.41) is 0.821. The molecule has 0 fully saturated rings. The number of hydrogen-bond donors (Lipinski definition) is 0. The first-order valence-electron chi connectivity index (χ1n) is 8.10. The molecule has 0 bridgehead atoms. The first-order chi connectivity index (χ1) is 12.5. The average molecular weight is 488 g/mol. The lowest BCUT2D eigenvalue weighted by molar-refractivity contribution is 0.592. The van der Waals surface area contributed by atoms with E-state index in [0.717, 1.165) is 25.4 Å². The molecule has 0 saturated carbocycles. The van der Waals surface area contributed by atoms with Crippen molar-refractivity contribution in [1.29, 1.82) is 0 Å². The Kier molecular flexibility index (Phi) is 6.48. The summed E-state index contributed by atoms with van der Waals surface area (Å²) in [6.07, 6.45) is 3.85. The molecule has 130 valence electrons. The summed E-state index contributed by atoms with van der Waals surface area (Å²) in [5.41, 5.74) is 2.03. The van der Waals surface area contributed by atoms with Gasteiger partial charge in [0.2, 0.25) is 0 Å². The third-order valence-corrected chi connectivity index (χ3v) is 7.22. The van der Waals surface area contributed by atoms with Crippen molar-refractivity contribution in [2.24, 2.45) is 0 Å². The van der Waals surface area contributed by atoms with E-state index < -0.39 is 7.14 Å². The van der Waals surface area contributed by atoms with E-state index in [1.807, 2.05) is 103 Å². The van der Waals surface area contributed by atoms with Gasteiger partial charge in [-0.3, -0.25) is 0 Å². The average Bonchev–Trinajstić information content (AvgIpc) is 2.68. The Bertz CT molecular complexity index is 900. The SMILES string of the molecule is O=P(C=Cc1ccc(Br)cc1)(/C=C/c1ccc(Br)cc1)c1ccccc1. The van der Waals surface area contributed by atoms with E-state index >= 15 is 0 Å². The normalized spacial score (nSPS) is 13.9. The number of halogens is 2. The van der Waals surface area contributed by atoms with Gasteiger partial charge in [-0.2, -0.15) is 0 Å². The second kappa shape index (κ2) is 8.81. The van der Waals surface area contributed by atoms with E-state index in [1.54, 1.807) is 0 Å². The van der Waals surface area contributed by atoms with Crippen LogP contribution in [0.5, 0.6) is 0 Å². The van der Waals surface area contributed by atoms with Crippen LogP contribution in [-0.2, 0) is 4.57 Å². The third-order valence-electron chi connectivity index (χ3n) is 3.88. The van der Waals surface area contributed by atoms with E-state index in [-0.39, 0.29) is 0 Å². The van der Waals surface area contributed by atoms with Gasteiger partial charge < -0.3 is 4.57 Å². The molecule has 0 N–H and O–H groups in total.